The van der Waals surface area contributed by atoms with Crippen LogP contribution >= 0.6 is 11.3 Å². The molecule has 1 aromatic heterocycles. The highest BCUT2D eigenvalue weighted by Gasteiger charge is 2.14. The van der Waals surface area contributed by atoms with Gasteiger partial charge in [-0.2, -0.15) is 0 Å². The van der Waals surface area contributed by atoms with Crippen molar-refractivity contribution in [1.82, 2.24) is 15.2 Å². The first-order valence-corrected chi connectivity index (χ1v) is 9.26. The molecule has 0 bridgehead atoms. The molecule has 1 heterocycles. The molecule has 0 spiro atoms. The lowest BCUT2D eigenvalue weighted by atomic mass is 10.2. The number of carbonyl (C=O) groups is 3. The van der Waals surface area contributed by atoms with E-state index in [0.717, 1.165) is 23.4 Å². The van der Waals surface area contributed by atoms with Gasteiger partial charge >= 0.3 is 5.97 Å². The van der Waals surface area contributed by atoms with E-state index in [9.17, 15) is 14.4 Å². The second kappa shape index (κ2) is 9.86. The van der Waals surface area contributed by atoms with Crippen molar-refractivity contribution >= 4 is 39.3 Å². The summed E-state index contributed by atoms with van der Waals surface area (Å²) in [5.41, 5.74) is 1.01. The summed E-state index contributed by atoms with van der Waals surface area (Å²) in [7, 11) is 2.98. The zero-order valence-corrected chi connectivity index (χ0v) is 15.8. The van der Waals surface area contributed by atoms with Crippen LogP contribution in [0.5, 0.6) is 0 Å². The predicted molar refractivity (Wildman–Crippen MR) is 99.8 cm³/mol. The molecular formula is C18H23N3O4S. The minimum atomic E-state index is -0.406. The first kappa shape index (κ1) is 19.8. The van der Waals surface area contributed by atoms with Crippen molar-refractivity contribution in [2.45, 2.75) is 25.7 Å². The SMILES string of the molecule is CNC(=O)CN(C)C(=O)COC(=O)CCCCc1nc2ccccc2s1. The molecule has 0 unspecified atom stereocenters. The Morgan fingerprint density at radius 2 is 2.00 bits per heavy atom. The van der Waals surface area contributed by atoms with E-state index in [4.69, 9.17) is 4.74 Å². The molecule has 140 valence electrons. The molecule has 0 aliphatic carbocycles. The van der Waals surface area contributed by atoms with Crippen molar-refractivity contribution in [2.24, 2.45) is 0 Å². The number of nitrogens with one attached hydrogen (secondary N) is 1. The second-order valence-electron chi connectivity index (χ2n) is 5.87. The smallest absolute Gasteiger partial charge is 0.306 e. The standard InChI is InChI=1S/C18H23N3O4S/c1-19-15(22)11-21(2)17(23)12-25-18(24)10-6-5-9-16-20-13-7-3-4-8-14(13)26-16/h3-4,7-8H,5-6,9-12H2,1-2H3,(H,19,22). The molecule has 0 radical (unpaired) electrons. The quantitative estimate of drug-likeness (QED) is 0.531. The lowest BCUT2D eigenvalue weighted by Gasteiger charge is -2.15. The van der Waals surface area contributed by atoms with E-state index in [2.05, 4.69) is 10.3 Å². The number of benzene rings is 1. The van der Waals surface area contributed by atoms with Crippen LogP contribution in [0.1, 0.15) is 24.3 Å². The average molecular weight is 377 g/mol. The fourth-order valence-electron chi connectivity index (χ4n) is 2.28. The number of likely N-dealkylation sites (N-methyl/N-ethyl adjacent to an activating group) is 2. The normalized spacial score (nSPS) is 10.5. The lowest BCUT2D eigenvalue weighted by Crippen LogP contribution is -2.39. The zero-order valence-electron chi connectivity index (χ0n) is 15.0. The van der Waals surface area contributed by atoms with Crippen molar-refractivity contribution in [3.63, 3.8) is 0 Å². The van der Waals surface area contributed by atoms with Crippen LogP contribution in [0.4, 0.5) is 0 Å². The average Bonchev–Trinajstić information content (AvgIpc) is 3.05. The Balaban J connectivity index is 1.62. The number of rotatable bonds is 9. The largest absolute Gasteiger partial charge is 0.456 e. The number of thiazole rings is 1. The maximum absolute atomic E-state index is 11.8. The number of esters is 1. The number of ether oxygens (including phenoxy) is 1. The van der Waals surface area contributed by atoms with Crippen molar-refractivity contribution in [2.75, 3.05) is 27.2 Å². The van der Waals surface area contributed by atoms with Crippen molar-refractivity contribution in [3.8, 4) is 0 Å². The molecule has 1 aromatic carbocycles. The lowest BCUT2D eigenvalue weighted by molar-refractivity contribution is -0.152. The molecule has 2 rings (SSSR count). The highest BCUT2D eigenvalue weighted by molar-refractivity contribution is 7.18. The molecule has 1 N–H and O–H groups in total. The number of unbranched alkanes of at least 4 members (excludes halogenated alkanes) is 1. The van der Waals surface area contributed by atoms with Crippen LogP contribution in [0.15, 0.2) is 24.3 Å². The summed E-state index contributed by atoms with van der Waals surface area (Å²) in [6.45, 7) is -0.404. The third-order valence-electron chi connectivity index (χ3n) is 3.80. The number of aromatic nitrogens is 1. The molecule has 2 aromatic rings. The van der Waals surface area contributed by atoms with Gasteiger partial charge in [0.25, 0.3) is 5.91 Å². The van der Waals surface area contributed by atoms with E-state index >= 15 is 0 Å². The third-order valence-corrected chi connectivity index (χ3v) is 4.90. The predicted octanol–water partition coefficient (Wildman–Crippen LogP) is 1.76. The summed E-state index contributed by atoms with van der Waals surface area (Å²) in [5.74, 6) is -1.09. The number of hydrogen-bond acceptors (Lipinski definition) is 6. The maximum atomic E-state index is 11.8. The van der Waals surface area contributed by atoms with Gasteiger partial charge in [0.1, 0.15) is 0 Å². The molecule has 0 atom stereocenters. The summed E-state index contributed by atoms with van der Waals surface area (Å²) in [6.07, 6.45) is 2.59. The van der Waals surface area contributed by atoms with Gasteiger partial charge in [-0.15, -0.1) is 11.3 Å². The minimum Gasteiger partial charge on any atom is -0.456 e. The molecule has 2 amide bonds. The molecule has 0 saturated heterocycles. The Kier molecular flexibility index (Phi) is 7.53. The van der Waals surface area contributed by atoms with Gasteiger partial charge in [-0.05, 0) is 31.4 Å². The van der Waals surface area contributed by atoms with E-state index in [1.807, 2.05) is 24.3 Å². The number of hydrogen-bond donors (Lipinski definition) is 1. The molecular weight excluding hydrogens is 354 g/mol. The first-order valence-electron chi connectivity index (χ1n) is 8.44. The van der Waals surface area contributed by atoms with Crippen LogP contribution in [-0.4, -0.2) is 54.9 Å². The molecule has 0 fully saturated rings. The van der Waals surface area contributed by atoms with Gasteiger partial charge < -0.3 is 15.0 Å². The summed E-state index contributed by atoms with van der Waals surface area (Å²) in [4.78, 5) is 40.5. The molecule has 0 aliphatic rings. The maximum Gasteiger partial charge on any atom is 0.306 e. The molecule has 26 heavy (non-hydrogen) atoms. The Bertz CT molecular complexity index is 742. The van der Waals surface area contributed by atoms with Crippen LogP contribution in [0.2, 0.25) is 0 Å². The fourth-order valence-corrected chi connectivity index (χ4v) is 3.29. The fraction of sp³-hybridized carbons (Fsp3) is 0.444. The van der Waals surface area contributed by atoms with E-state index in [1.165, 1.54) is 23.7 Å². The number of para-hydroxylation sites is 1. The minimum absolute atomic E-state index is 0.0605. The van der Waals surface area contributed by atoms with Gasteiger partial charge in [0.15, 0.2) is 6.61 Å². The number of fused-ring (bicyclic) bond motifs is 1. The highest BCUT2D eigenvalue weighted by Crippen LogP contribution is 2.22. The summed E-state index contributed by atoms with van der Waals surface area (Å²) >= 11 is 1.67. The Labute approximate surface area is 156 Å². The van der Waals surface area contributed by atoms with Crippen LogP contribution < -0.4 is 5.32 Å². The van der Waals surface area contributed by atoms with Gasteiger partial charge in [-0.25, -0.2) is 4.98 Å². The van der Waals surface area contributed by atoms with E-state index < -0.39 is 11.9 Å². The van der Waals surface area contributed by atoms with Gasteiger partial charge in [0.2, 0.25) is 5.91 Å². The van der Waals surface area contributed by atoms with Crippen molar-refractivity contribution in [1.29, 1.82) is 0 Å². The summed E-state index contributed by atoms with van der Waals surface area (Å²) < 4.78 is 6.13. The third kappa shape index (κ3) is 6.11. The topological polar surface area (TPSA) is 88.6 Å². The van der Waals surface area contributed by atoms with Gasteiger partial charge in [-0.1, -0.05) is 12.1 Å². The van der Waals surface area contributed by atoms with Gasteiger partial charge in [-0.3, -0.25) is 14.4 Å². The Morgan fingerprint density at radius 3 is 2.73 bits per heavy atom. The van der Waals surface area contributed by atoms with E-state index in [-0.39, 0.29) is 25.5 Å². The van der Waals surface area contributed by atoms with Gasteiger partial charge in [0, 0.05) is 20.5 Å². The summed E-state index contributed by atoms with van der Waals surface area (Å²) in [6, 6.07) is 8.00. The molecule has 0 saturated carbocycles. The Hall–Kier alpha value is -2.48. The number of aryl methyl sites for hydroxylation is 1. The van der Waals surface area contributed by atoms with Crippen LogP contribution in [0.25, 0.3) is 10.2 Å². The summed E-state index contributed by atoms with van der Waals surface area (Å²) in [5, 5.41) is 3.49. The molecule has 8 heteroatoms. The van der Waals surface area contributed by atoms with E-state index in [1.54, 1.807) is 11.3 Å². The van der Waals surface area contributed by atoms with E-state index in [0.29, 0.717) is 6.42 Å². The van der Waals surface area contributed by atoms with Gasteiger partial charge in [0.05, 0.1) is 21.8 Å². The van der Waals surface area contributed by atoms with Crippen LogP contribution in [0, 0.1) is 0 Å². The number of nitrogens with zero attached hydrogens (tertiary/aromatic N) is 2. The second-order valence-corrected chi connectivity index (χ2v) is 6.98. The first-order chi connectivity index (χ1) is 12.5. The molecule has 0 aliphatic heterocycles. The number of amides is 2. The van der Waals surface area contributed by atoms with Crippen molar-refractivity contribution in [3.05, 3.63) is 29.3 Å². The number of carbonyl (C=O) groups excluding carboxylic acids is 3. The van der Waals surface area contributed by atoms with Crippen LogP contribution in [0.3, 0.4) is 0 Å². The highest BCUT2D eigenvalue weighted by atomic mass is 32.1. The molecule has 7 nitrogen and oxygen atoms in total. The monoisotopic (exact) mass is 377 g/mol. The Morgan fingerprint density at radius 1 is 1.23 bits per heavy atom. The zero-order chi connectivity index (χ0) is 18.9. The van der Waals surface area contributed by atoms with Crippen molar-refractivity contribution < 1.29 is 19.1 Å². The van der Waals surface area contributed by atoms with Crippen LogP contribution in [-0.2, 0) is 25.5 Å².